The first kappa shape index (κ1) is 25.8. The highest BCUT2D eigenvalue weighted by Crippen LogP contribution is 2.48. The summed E-state index contributed by atoms with van der Waals surface area (Å²) in [5, 5.41) is 3.55. The zero-order valence-electron chi connectivity index (χ0n) is 22.2. The van der Waals surface area contributed by atoms with Gasteiger partial charge in [-0.2, -0.15) is 0 Å². The number of carbonyl (C=O) groups is 1. The molecule has 2 aromatic rings. The second-order valence-electron chi connectivity index (χ2n) is 12.3. The summed E-state index contributed by atoms with van der Waals surface area (Å²) in [6, 6.07) is 11.1. The van der Waals surface area contributed by atoms with Crippen LogP contribution in [0.4, 0.5) is 13.2 Å². The fourth-order valence-electron chi connectivity index (χ4n) is 8.12. The lowest BCUT2D eigenvalue weighted by Gasteiger charge is -2.48. The zero-order valence-corrected chi connectivity index (χ0v) is 22.2. The van der Waals surface area contributed by atoms with E-state index in [1.807, 2.05) is 17.0 Å². The summed E-state index contributed by atoms with van der Waals surface area (Å²) in [7, 11) is 0. The summed E-state index contributed by atoms with van der Waals surface area (Å²) in [5.41, 5.74) is 4.06. The summed E-state index contributed by atoms with van der Waals surface area (Å²) in [6.07, 6.45) is 4.90. The molecule has 1 amide bonds. The van der Waals surface area contributed by atoms with E-state index in [0.29, 0.717) is 44.3 Å². The first-order valence-corrected chi connectivity index (χ1v) is 14.4. The van der Waals surface area contributed by atoms with Crippen LogP contribution in [0, 0.1) is 24.6 Å². The molecule has 7 heteroatoms. The Kier molecular flexibility index (Phi) is 6.78. The number of amides is 1. The normalized spacial score (nSPS) is 31.4. The van der Waals surface area contributed by atoms with Gasteiger partial charge >= 0.3 is 0 Å². The Morgan fingerprint density at radius 2 is 1.87 bits per heavy atom. The minimum Gasteiger partial charge on any atom is -0.339 e. The highest BCUT2D eigenvalue weighted by atomic mass is 19.3. The molecule has 6 rings (SSSR count). The fraction of sp³-hybridized carbons (Fsp3) is 0.613. The minimum absolute atomic E-state index is 0.00340. The van der Waals surface area contributed by atoms with E-state index in [1.54, 1.807) is 6.07 Å². The van der Waals surface area contributed by atoms with Crippen molar-refractivity contribution in [2.75, 3.05) is 19.6 Å². The van der Waals surface area contributed by atoms with Crippen molar-refractivity contribution in [3.8, 4) is 0 Å². The number of aromatic nitrogens is 1. The molecule has 2 saturated heterocycles. The number of nitrogens with zero attached hydrogens (tertiary/aromatic N) is 1. The van der Waals surface area contributed by atoms with E-state index in [0.717, 1.165) is 31.5 Å². The first-order chi connectivity index (χ1) is 18.3. The first-order valence-electron chi connectivity index (χ1n) is 14.4. The van der Waals surface area contributed by atoms with Crippen molar-refractivity contribution < 1.29 is 22.9 Å². The largest absolute Gasteiger partial charge is 0.339 e. The maximum atomic E-state index is 14.8. The predicted octanol–water partition coefficient (Wildman–Crippen LogP) is 5.34. The van der Waals surface area contributed by atoms with Crippen LogP contribution in [0.1, 0.15) is 79.8 Å². The van der Waals surface area contributed by atoms with Crippen LogP contribution in [0.3, 0.4) is 0 Å². The Bertz CT molecular complexity index is 1190. The molecule has 4 aliphatic rings. The highest BCUT2D eigenvalue weighted by molar-refractivity contribution is 5.82. The topological polar surface area (TPSA) is 46.5 Å². The molecule has 204 valence electrons. The number of benzene rings is 1. The van der Waals surface area contributed by atoms with Gasteiger partial charge in [0, 0.05) is 68.9 Å². The molecule has 1 aromatic heterocycles. The van der Waals surface area contributed by atoms with Gasteiger partial charge in [-0.1, -0.05) is 18.2 Å². The maximum absolute atomic E-state index is 14.8. The standard InChI is InChI=1S/C31H38F3N3O/c1-20-8-9-24-27(36-20)7-4-13-30(24)19-35-18-25(30)29(38)37-16-12-22(23-5-2-3-6-26(23)32)17-28(37)21-10-14-31(33,34)15-11-21/h2-3,5-6,8-9,21-22,25,28,35H,4,7,10-19H2,1H3/p+1/t22-,25+,28+,30+/m1/s1. The van der Waals surface area contributed by atoms with Crippen LogP contribution in [0.2, 0.25) is 0 Å². The number of hydrogen-bond donors (Lipinski definition) is 1. The lowest BCUT2D eigenvalue weighted by atomic mass is 9.64. The Balaban J connectivity index is 1.31. The van der Waals surface area contributed by atoms with Gasteiger partial charge in [0.05, 0.1) is 5.92 Å². The summed E-state index contributed by atoms with van der Waals surface area (Å²) < 4.78 is 43.0. The lowest BCUT2D eigenvalue weighted by molar-refractivity contribution is -0.401. The molecular weight excluding hydrogens is 487 g/mol. The molecule has 4 nitrogen and oxygen atoms in total. The van der Waals surface area contributed by atoms with Crippen molar-refractivity contribution >= 4 is 5.91 Å². The van der Waals surface area contributed by atoms with Crippen molar-refractivity contribution in [2.45, 2.75) is 88.0 Å². The van der Waals surface area contributed by atoms with E-state index in [4.69, 9.17) is 0 Å². The number of carbonyl (C=O) groups excluding carboxylic acids is 1. The van der Waals surface area contributed by atoms with Gasteiger partial charge in [0.2, 0.25) is 11.8 Å². The van der Waals surface area contributed by atoms with Crippen LogP contribution >= 0.6 is 0 Å². The molecule has 0 unspecified atom stereocenters. The van der Waals surface area contributed by atoms with E-state index in [2.05, 4.69) is 29.4 Å². The van der Waals surface area contributed by atoms with Crippen molar-refractivity contribution in [3.05, 3.63) is 64.7 Å². The molecular formula is C31H39F3N3O+. The maximum Gasteiger partial charge on any atom is 0.248 e. The highest BCUT2D eigenvalue weighted by Gasteiger charge is 2.54. The number of fused-ring (bicyclic) bond motifs is 2. The number of halogens is 3. The van der Waals surface area contributed by atoms with Gasteiger partial charge in [0.15, 0.2) is 11.4 Å². The molecule has 38 heavy (non-hydrogen) atoms. The van der Waals surface area contributed by atoms with Gasteiger partial charge in [-0.15, -0.1) is 0 Å². The molecule has 4 atom stereocenters. The second kappa shape index (κ2) is 9.96. The third-order valence-corrected chi connectivity index (χ3v) is 10.1. The van der Waals surface area contributed by atoms with E-state index in [-0.39, 0.29) is 53.8 Å². The van der Waals surface area contributed by atoms with Crippen molar-refractivity contribution in [3.63, 3.8) is 0 Å². The van der Waals surface area contributed by atoms with Crippen molar-refractivity contribution in [1.82, 2.24) is 10.2 Å². The van der Waals surface area contributed by atoms with Crippen LogP contribution < -0.4 is 10.3 Å². The van der Waals surface area contributed by atoms with Crippen LogP contribution in [0.25, 0.3) is 0 Å². The van der Waals surface area contributed by atoms with E-state index in [9.17, 15) is 18.0 Å². The number of likely N-dealkylation sites (tertiary alicyclic amines) is 1. The van der Waals surface area contributed by atoms with Crippen LogP contribution in [-0.2, 0) is 16.6 Å². The Hall–Kier alpha value is -2.41. The predicted molar refractivity (Wildman–Crippen MR) is 139 cm³/mol. The van der Waals surface area contributed by atoms with Crippen molar-refractivity contribution in [2.24, 2.45) is 11.8 Å². The monoisotopic (exact) mass is 526 g/mol. The Morgan fingerprint density at radius 1 is 1.08 bits per heavy atom. The summed E-state index contributed by atoms with van der Waals surface area (Å²) >= 11 is 0. The number of piperidine rings is 1. The fourth-order valence-corrected chi connectivity index (χ4v) is 8.12. The lowest BCUT2D eigenvalue weighted by Crippen LogP contribution is -2.55. The molecule has 2 N–H and O–H groups in total. The third kappa shape index (κ3) is 4.55. The number of H-pyrrole nitrogens is 1. The number of pyridine rings is 1. The number of aryl methyl sites for hydroxylation is 2. The number of nitrogens with one attached hydrogen (secondary N) is 2. The molecule has 2 aliphatic heterocycles. The molecule has 3 fully saturated rings. The minimum atomic E-state index is -2.62. The van der Waals surface area contributed by atoms with Crippen LogP contribution in [0.15, 0.2) is 36.4 Å². The summed E-state index contributed by atoms with van der Waals surface area (Å²) in [6.45, 7) is 4.03. The zero-order chi connectivity index (χ0) is 26.5. The summed E-state index contributed by atoms with van der Waals surface area (Å²) in [4.78, 5) is 20.1. The van der Waals surface area contributed by atoms with E-state index < -0.39 is 5.92 Å². The number of rotatable bonds is 3. The molecule has 1 spiro atoms. The van der Waals surface area contributed by atoms with E-state index in [1.165, 1.54) is 17.3 Å². The number of alkyl halides is 2. The Labute approximate surface area is 223 Å². The van der Waals surface area contributed by atoms with Gasteiger partial charge in [-0.05, 0) is 68.1 Å². The summed E-state index contributed by atoms with van der Waals surface area (Å²) in [5.74, 6) is -2.85. The van der Waals surface area contributed by atoms with Gasteiger partial charge in [0.1, 0.15) is 5.82 Å². The molecule has 2 aliphatic carbocycles. The molecule has 3 heterocycles. The van der Waals surface area contributed by atoms with Crippen LogP contribution in [0.5, 0.6) is 0 Å². The number of aromatic amines is 1. The third-order valence-electron chi connectivity index (χ3n) is 10.1. The molecule has 1 aromatic carbocycles. The smallest absolute Gasteiger partial charge is 0.248 e. The SMILES string of the molecule is Cc1ccc2c([nH+]1)CCC[C@]21CNC[C@H]1C(=O)N1CC[C@@H](c2ccccc2F)C[C@H]1C1CCC(F)(F)CC1. The van der Waals surface area contributed by atoms with Gasteiger partial charge in [-0.3, -0.25) is 4.79 Å². The van der Waals surface area contributed by atoms with Gasteiger partial charge in [-0.25, -0.2) is 18.2 Å². The molecule has 0 bridgehead atoms. The van der Waals surface area contributed by atoms with Crippen LogP contribution in [-0.4, -0.2) is 42.4 Å². The molecule has 0 radical (unpaired) electrons. The quantitative estimate of drug-likeness (QED) is 0.587. The molecule has 1 saturated carbocycles. The average molecular weight is 527 g/mol. The van der Waals surface area contributed by atoms with E-state index >= 15 is 0 Å². The van der Waals surface area contributed by atoms with Crippen molar-refractivity contribution in [1.29, 1.82) is 0 Å². The number of hydrogen-bond acceptors (Lipinski definition) is 2. The Morgan fingerprint density at radius 3 is 2.66 bits per heavy atom. The average Bonchev–Trinajstić information content (AvgIpc) is 3.32. The van der Waals surface area contributed by atoms with Gasteiger partial charge < -0.3 is 10.2 Å². The van der Waals surface area contributed by atoms with Gasteiger partial charge in [0.25, 0.3) is 0 Å². The second-order valence-corrected chi connectivity index (χ2v) is 12.3.